The van der Waals surface area contributed by atoms with E-state index in [9.17, 15) is 20.0 Å². The Kier molecular flexibility index (Phi) is 2.91. The van der Waals surface area contributed by atoms with Crippen LogP contribution in [-0.2, 0) is 4.79 Å². The molecule has 0 aliphatic heterocycles. The smallest absolute Gasteiger partial charge is 0.314 e. The molecule has 0 N–H and O–H groups in total. The van der Waals surface area contributed by atoms with Gasteiger partial charge in [0.25, 0.3) is 0 Å². The van der Waals surface area contributed by atoms with Gasteiger partial charge in [0.05, 0.1) is 15.8 Å². The fraction of sp³-hybridized carbons (Fsp3) is 0.125. The Bertz CT molecular complexity index is 596. The van der Waals surface area contributed by atoms with Crippen LogP contribution in [0.1, 0.15) is 0 Å². The molecule has 0 spiro atoms. The van der Waals surface area contributed by atoms with Gasteiger partial charge in [-0.25, -0.2) is 4.63 Å². The number of aliphatic carboxylic acids is 1. The summed E-state index contributed by atoms with van der Waals surface area (Å²) in [6.45, 7) is 0. The van der Waals surface area contributed by atoms with Crippen LogP contribution in [0.2, 0.25) is 0 Å². The maximum Gasteiger partial charge on any atom is 0.314 e. The molecule has 1 aromatic heterocycles. The van der Waals surface area contributed by atoms with E-state index < -0.39 is 10.9 Å². The molecular weight excluding hydrogens is 250 g/mol. The van der Waals surface area contributed by atoms with Crippen LogP contribution >= 0.6 is 11.8 Å². The van der Waals surface area contributed by atoms with Crippen molar-refractivity contribution in [3.05, 3.63) is 22.2 Å². The van der Waals surface area contributed by atoms with Crippen LogP contribution in [0.5, 0.6) is 0 Å². The molecule has 0 fully saturated rings. The molecule has 1 aromatic carbocycles. The molecule has 0 amide bonds. The number of nitro benzene ring substituents is 1. The van der Waals surface area contributed by atoms with Crippen molar-refractivity contribution < 1.29 is 19.5 Å². The van der Waals surface area contributed by atoms with Crippen LogP contribution in [0.4, 0.5) is 5.69 Å². The predicted octanol–water partition coefficient (Wildman–Crippen LogP) is -0.0270. The number of carboxylic acids is 1. The summed E-state index contributed by atoms with van der Waals surface area (Å²) in [5, 5.41) is 28.1. The van der Waals surface area contributed by atoms with Gasteiger partial charge in [0.2, 0.25) is 5.52 Å². The van der Waals surface area contributed by atoms with Gasteiger partial charge < -0.3 is 9.90 Å². The number of fused-ring (bicyclic) bond motifs is 1. The van der Waals surface area contributed by atoms with Crippen molar-refractivity contribution in [2.45, 2.75) is 4.90 Å². The number of nitro groups is 1. The van der Waals surface area contributed by atoms with Gasteiger partial charge in [0, 0.05) is 5.75 Å². The zero-order valence-corrected chi connectivity index (χ0v) is 8.97. The molecule has 17 heavy (non-hydrogen) atoms. The third kappa shape index (κ3) is 2.18. The molecule has 2 rings (SSSR count). The summed E-state index contributed by atoms with van der Waals surface area (Å²) in [6, 6.07) is 2.87. The second-order valence-electron chi connectivity index (χ2n) is 2.96. The minimum absolute atomic E-state index is 0.00153. The van der Waals surface area contributed by atoms with Crippen molar-refractivity contribution in [3.8, 4) is 0 Å². The Labute approximate surface area is 97.7 Å². The molecule has 8 nitrogen and oxygen atoms in total. The first-order chi connectivity index (χ1) is 8.09. The number of thioether (sulfide) groups is 1. The molecule has 9 heteroatoms. The summed E-state index contributed by atoms with van der Waals surface area (Å²) in [5.74, 6) is -1.68. The SMILES string of the molecule is O=C([O-])CSc1ccc2nonc2c1[N+](=O)[O-]. The highest BCUT2D eigenvalue weighted by Crippen LogP contribution is 2.34. The maximum absolute atomic E-state index is 10.9. The lowest BCUT2D eigenvalue weighted by Gasteiger charge is -2.02. The standard InChI is InChI=1S/C8H5N3O5S/c12-6(13)3-17-5-2-1-4-7(10-16-9-4)8(5)11(14)15/h1-2H,3H2,(H,12,13)/p-1. The van der Waals surface area contributed by atoms with E-state index in [0.29, 0.717) is 0 Å². The summed E-state index contributed by atoms with van der Waals surface area (Å²) < 4.78 is 4.39. The highest BCUT2D eigenvalue weighted by molar-refractivity contribution is 8.00. The third-order valence-corrected chi connectivity index (χ3v) is 2.91. The van der Waals surface area contributed by atoms with E-state index >= 15 is 0 Å². The van der Waals surface area contributed by atoms with Crippen molar-refractivity contribution in [2.24, 2.45) is 0 Å². The monoisotopic (exact) mass is 254 g/mol. The second kappa shape index (κ2) is 4.37. The van der Waals surface area contributed by atoms with Gasteiger partial charge in [0.1, 0.15) is 5.52 Å². The number of nitrogens with zero attached hydrogens (tertiary/aromatic N) is 3. The molecule has 88 valence electrons. The van der Waals surface area contributed by atoms with E-state index in [-0.39, 0.29) is 27.4 Å². The summed E-state index contributed by atoms with van der Waals surface area (Å²) >= 11 is 0.789. The lowest BCUT2D eigenvalue weighted by molar-refractivity contribution is -0.386. The van der Waals surface area contributed by atoms with E-state index in [1.165, 1.54) is 12.1 Å². The number of hydrogen-bond donors (Lipinski definition) is 0. The largest absolute Gasteiger partial charge is 0.549 e. The highest BCUT2D eigenvalue weighted by Gasteiger charge is 2.22. The first-order valence-electron chi connectivity index (χ1n) is 4.32. The molecule has 0 aliphatic carbocycles. The minimum atomic E-state index is -1.30. The first-order valence-corrected chi connectivity index (χ1v) is 5.30. The average Bonchev–Trinajstić information content (AvgIpc) is 2.72. The van der Waals surface area contributed by atoms with Crippen LogP contribution in [0, 0.1) is 10.1 Å². The summed E-state index contributed by atoms with van der Waals surface area (Å²) in [6.07, 6.45) is 0. The molecule has 0 unspecified atom stereocenters. The van der Waals surface area contributed by atoms with Crippen molar-refractivity contribution >= 4 is 34.5 Å². The van der Waals surface area contributed by atoms with Gasteiger partial charge in [-0.3, -0.25) is 10.1 Å². The third-order valence-electron chi connectivity index (χ3n) is 1.89. The van der Waals surface area contributed by atoms with Gasteiger partial charge in [-0.1, -0.05) is 0 Å². The Morgan fingerprint density at radius 1 is 1.47 bits per heavy atom. The van der Waals surface area contributed by atoms with Gasteiger partial charge in [-0.05, 0) is 22.4 Å². The fourth-order valence-electron chi connectivity index (χ4n) is 1.25. The molecule has 0 saturated heterocycles. The van der Waals surface area contributed by atoms with Gasteiger partial charge in [-0.2, -0.15) is 0 Å². The second-order valence-corrected chi connectivity index (χ2v) is 3.98. The highest BCUT2D eigenvalue weighted by atomic mass is 32.2. The number of carbonyl (C=O) groups excluding carboxylic acids is 1. The van der Waals surface area contributed by atoms with Crippen LogP contribution < -0.4 is 5.11 Å². The lowest BCUT2D eigenvalue weighted by Crippen LogP contribution is -2.24. The Balaban J connectivity index is 2.50. The van der Waals surface area contributed by atoms with Crippen LogP contribution in [0.3, 0.4) is 0 Å². The van der Waals surface area contributed by atoms with Crippen molar-refractivity contribution in [2.75, 3.05) is 5.75 Å². The molecule has 1 heterocycles. The van der Waals surface area contributed by atoms with E-state index in [1.807, 2.05) is 0 Å². The zero-order chi connectivity index (χ0) is 12.4. The maximum atomic E-state index is 10.9. The number of carboxylic acid groups (broad SMARTS) is 1. The Morgan fingerprint density at radius 3 is 2.88 bits per heavy atom. The van der Waals surface area contributed by atoms with E-state index in [4.69, 9.17) is 0 Å². The summed E-state index contributed by atoms with van der Waals surface area (Å²) in [5.41, 5.74) is -0.0668. The molecule has 0 bridgehead atoms. The van der Waals surface area contributed by atoms with Crippen LogP contribution in [-0.4, -0.2) is 27.0 Å². The molecule has 0 atom stereocenters. The average molecular weight is 254 g/mol. The molecule has 0 saturated carbocycles. The zero-order valence-electron chi connectivity index (χ0n) is 8.15. The number of aromatic nitrogens is 2. The number of carbonyl (C=O) groups is 1. The van der Waals surface area contributed by atoms with Crippen molar-refractivity contribution in [1.29, 1.82) is 0 Å². The van der Waals surface area contributed by atoms with E-state index in [0.717, 1.165) is 11.8 Å². The van der Waals surface area contributed by atoms with Crippen LogP contribution in [0.25, 0.3) is 11.0 Å². The number of rotatable bonds is 4. The normalized spacial score (nSPS) is 10.6. The minimum Gasteiger partial charge on any atom is -0.549 e. The Hall–Kier alpha value is -2.16. The van der Waals surface area contributed by atoms with Gasteiger partial charge >= 0.3 is 5.69 Å². The Morgan fingerprint density at radius 2 is 2.24 bits per heavy atom. The van der Waals surface area contributed by atoms with Crippen molar-refractivity contribution in [3.63, 3.8) is 0 Å². The number of benzene rings is 1. The first kappa shape index (κ1) is 11.3. The van der Waals surface area contributed by atoms with Gasteiger partial charge in [0.15, 0.2) is 0 Å². The molecular formula is C8H4N3O5S-. The van der Waals surface area contributed by atoms with Crippen LogP contribution in [0.15, 0.2) is 21.7 Å². The fourth-order valence-corrected chi connectivity index (χ4v) is 1.99. The van der Waals surface area contributed by atoms with E-state index in [1.54, 1.807) is 0 Å². The van der Waals surface area contributed by atoms with Gasteiger partial charge in [-0.15, -0.1) is 11.8 Å². The molecule has 2 aromatic rings. The summed E-state index contributed by atoms with van der Waals surface area (Å²) in [7, 11) is 0. The van der Waals surface area contributed by atoms with E-state index in [2.05, 4.69) is 14.9 Å². The molecule has 0 aliphatic rings. The van der Waals surface area contributed by atoms with Crippen molar-refractivity contribution in [1.82, 2.24) is 10.3 Å². The topological polar surface area (TPSA) is 122 Å². The lowest BCUT2D eigenvalue weighted by atomic mass is 10.3. The quantitative estimate of drug-likeness (QED) is 0.423. The summed E-state index contributed by atoms with van der Waals surface area (Å²) in [4.78, 5) is 20.8. The predicted molar refractivity (Wildman–Crippen MR) is 54.2 cm³/mol. The molecule has 0 radical (unpaired) electrons. The number of hydrogen-bond acceptors (Lipinski definition) is 8.